The highest BCUT2D eigenvalue weighted by Gasteiger charge is 2.12. The molecule has 2 nitrogen and oxygen atoms in total. The van der Waals surface area contributed by atoms with Gasteiger partial charge in [-0.05, 0) is 37.8 Å². The number of nitrogens with zero attached hydrogens (tertiary/aromatic N) is 1. The van der Waals surface area contributed by atoms with Crippen molar-refractivity contribution in [3.8, 4) is 0 Å². The molecule has 0 saturated carbocycles. The van der Waals surface area contributed by atoms with Gasteiger partial charge in [0.25, 0.3) is 5.91 Å². The summed E-state index contributed by atoms with van der Waals surface area (Å²) in [7, 11) is 1.91. The molecule has 0 saturated heterocycles. The maximum atomic E-state index is 12.3. The number of carbonyl (C=O) groups excluding carboxylic acids is 1. The molecule has 1 rings (SSSR count). The van der Waals surface area contributed by atoms with Gasteiger partial charge >= 0.3 is 0 Å². The standard InChI is InChI=1S/C18H29NO/c1-5-9-16(6-2)11-8-13-19(4)18(20)17-12-7-10-15(3)14-17/h7,10,12,14,16H,5-6,8-9,11,13H2,1-4H3. The Hall–Kier alpha value is -1.31. The molecule has 0 aliphatic rings. The first-order chi connectivity index (χ1) is 9.58. The summed E-state index contributed by atoms with van der Waals surface area (Å²) in [6, 6.07) is 7.83. The van der Waals surface area contributed by atoms with Gasteiger partial charge in [-0.1, -0.05) is 50.8 Å². The van der Waals surface area contributed by atoms with E-state index in [-0.39, 0.29) is 5.91 Å². The highest BCUT2D eigenvalue weighted by atomic mass is 16.2. The Balaban J connectivity index is 2.42. The van der Waals surface area contributed by atoms with Crippen molar-refractivity contribution < 1.29 is 4.79 Å². The third kappa shape index (κ3) is 5.36. The molecule has 0 heterocycles. The minimum Gasteiger partial charge on any atom is -0.342 e. The van der Waals surface area contributed by atoms with E-state index in [0.717, 1.165) is 30.0 Å². The molecule has 0 bridgehead atoms. The van der Waals surface area contributed by atoms with Crippen molar-refractivity contribution in [2.24, 2.45) is 5.92 Å². The molecule has 20 heavy (non-hydrogen) atoms. The van der Waals surface area contributed by atoms with Crippen LogP contribution in [0.15, 0.2) is 24.3 Å². The van der Waals surface area contributed by atoms with Crippen LogP contribution in [0.5, 0.6) is 0 Å². The van der Waals surface area contributed by atoms with E-state index in [9.17, 15) is 4.79 Å². The second-order valence-corrected chi connectivity index (χ2v) is 5.80. The molecule has 0 N–H and O–H groups in total. The van der Waals surface area contributed by atoms with Crippen molar-refractivity contribution in [3.05, 3.63) is 35.4 Å². The van der Waals surface area contributed by atoms with E-state index < -0.39 is 0 Å². The van der Waals surface area contributed by atoms with Crippen molar-refractivity contribution >= 4 is 5.91 Å². The van der Waals surface area contributed by atoms with Crippen LogP contribution in [0, 0.1) is 12.8 Å². The summed E-state index contributed by atoms with van der Waals surface area (Å²) >= 11 is 0. The molecule has 0 aliphatic heterocycles. The molecular weight excluding hydrogens is 246 g/mol. The van der Waals surface area contributed by atoms with Gasteiger partial charge in [-0.15, -0.1) is 0 Å². The SMILES string of the molecule is CCCC(CC)CCCN(C)C(=O)c1cccc(C)c1. The van der Waals surface area contributed by atoms with Gasteiger partial charge in [-0.3, -0.25) is 4.79 Å². The Labute approximate surface area is 124 Å². The van der Waals surface area contributed by atoms with Crippen molar-refractivity contribution in [3.63, 3.8) is 0 Å². The van der Waals surface area contributed by atoms with Crippen molar-refractivity contribution in [1.29, 1.82) is 0 Å². The highest BCUT2D eigenvalue weighted by Crippen LogP contribution is 2.17. The lowest BCUT2D eigenvalue weighted by atomic mass is 9.95. The first-order valence-electron chi connectivity index (χ1n) is 7.90. The van der Waals surface area contributed by atoms with Gasteiger partial charge < -0.3 is 4.90 Å². The van der Waals surface area contributed by atoms with Crippen LogP contribution in [0.25, 0.3) is 0 Å². The molecule has 1 atom stereocenters. The molecule has 1 aromatic rings. The molecule has 0 radical (unpaired) electrons. The predicted molar refractivity (Wildman–Crippen MR) is 86.1 cm³/mol. The molecule has 0 aromatic heterocycles. The quantitative estimate of drug-likeness (QED) is 0.675. The Kier molecular flexibility index (Phi) is 7.35. The molecule has 1 amide bonds. The van der Waals surface area contributed by atoms with Crippen LogP contribution in [0.1, 0.15) is 61.9 Å². The van der Waals surface area contributed by atoms with Crippen LogP contribution in [-0.2, 0) is 0 Å². The summed E-state index contributed by atoms with van der Waals surface area (Å²) in [5, 5.41) is 0. The zero-order valence-corrected chi connectivity index (χ0v) is 13.5. The average Bonchev–Trinajstić information content (AvgIpc) is 2.45. The number of rotatable bonds is 8. The largest absolute Gasteiger partial charge is 0.342 e. The smallest absolute Gasteiger partial charge is 0.253 e. The maximum absolute atomic E-state index is 12.3. The molecule has 1 aromatic carbocycles. The molecule has 0 spiro atoms. The molecular formula is C18H29NO. The predicted octanol–water partition coefficient (Wildman–Crippen LogP) is 4.67. The van der Waals surface area contributed by atoms with E-state index >= 15 is 0 Å². The van der Waals surface area contributed by atoms with E-state index in [1.54, 1.807) is 0 Å². The lowest BCUT2D eigenvalue weighted by Gasteiger charge is -2.19. The summed E-state index contributed by atoms with van der Waals surface area (Å²) in [6.07, 6.45) is 6.16. The summed E-state index contributed by atoms with van der Waals surface area (Å²) in [6.45, 7) is 7.39. The topological polar surface area (TPSA) is 20.3 Å². The number of hydrogen-bond acceptors (Lipinski definition) is 1. The fourth-order valence-corrected chi connectivity index (χ4v) is 2.68. The molecule has 2 heteroatoms. The number of aryl methyl sites for hydroxylation is 1. The number of hydrogen-bond donors (Lipinski definition) is 0. The van der Waals surface area contributed by atoms with Crippen molar-refractivity contribution in [2.75, 3.05) is 13.6 Å². The number of benzene rings is 1. The van der Waals surface area contributed by atoms with Gasteiger partial charge in [0.05, 0.1) is 0 Å². The van der Waals surface area contributed by atoms with Crippen LogP contribution in [0.2, 0.25) is 0 Å². The minimum absolute atomic E-state index is 0.136. The van der Waals surface area contributed by atoms with E-state index in [0.29, 0.717) is 0 Å². The fraction of sp³-hybridized carbons (Fsp3) is 0.611. The first kappa shape index (κ1) is 16.7. The Morgan fingerprint density at radius 3 is 2.60 bits per heavy atom. The number of amides is 1. The van der Waals surface area contributed by atoms with Gasteiger partial charge in [0.15, 0.2) is 0 Å². The van der Waals surface area contributed by atoms with Crippen LogP contribution < -0.4 is 0 Å². The first-order valence-corrected chi connectivity index (χ1v) is 7.90. The third-order valence-corrected chi connectivity index (χ3v) is 3.99. The zero-order valence-electron chi connectivity index (χ0n) is 13.5. The van der Waals surface area contributed by atoms with Gasteiger partial charge in [0, 0.05) is 19.2 Å². The maximum Gasteiger partial charge on any atom is 0.253 e. The lowest BCUT2D eigenvalue weighted by Crippen LogP contribution is -2.28. The van der Waals surface area contributed by atoms with E-state index in [4.69, 9.17) is 0 Å². The van der Waals surface area contributed by atoms with Crippen molar-refractivity contribution in [1.82, 2.24) is 4.90 Å². The molecule has 1 unspecified atom stereocenters. The zero-order chi connectivity index (χ0) is 15.0. The Bertz CT molecular complexity index is 414. The molecule has 0 fully saturated rings. The molecule has 112 valence electrons. The van der Waals surface area contributed by atoms with Gasteiger partial charge in [-0.2, -0.15) is 0 Å². The van der Waals surface area contributed by atoms with Crippen LogP contribution in [0.4, 0.5) is 0 Å². The average molecular weight is 275 g/mol. The van der Waals surface area contributed by atoms with E-state index in [1.807, 2.05) is 43.1 Å². The number of carbonyl (C=O) groups is 1. The van der Waals surface area contributed by atoms with Crippen molar-refractivity contribution in [2.45, 2.75) is 52.9 Å². The fourth-order valence-electron chi connectivity index (χ4n) is 2.68. The van der Waals surface area contributed by atoms with Crippen LogP contribution >= 0.6 is 0 Å². The monoisotopic (exact) mass is 275 g/mol. The second-order valence-electron chi connectivity index (χ2n) is 5.80. The van der Waals surface area contributed by atoms with E-state index in [1.165, 1.54) is 25.7 Å². The Morgan fingerprint density at radius 2 is 2.00 bits per heavy atom. The van der Waals surface area contributed by atoms with E-state index in [2.05, 4.69) is 13.8 Å². The minimum atomic E-state index is 0.136. The highest BCUT2D eigenvalue weighted by molar-refractivity contribution is 5.94. The van der Waals surface area contributed by atoms with Gasteiger partial charge in [0.1, 0.15) is 0 Å². The van der Waals surface area contributed by atoms with Gasteiger partial charge in [-0.25, -0.2) is 0 Å². The summed E-state index contributed by atoms with van der Waals surface area (Å²) in [5.74, 6) is 0.958. The van der Waals surface area contributed by atoms with Crippen LogP contribution in [0.3, 0.4) is 0 Å². The lowest BCUT2D eigenvalue weighted by molar-refractivity contribution is 0.0790. The molecule has 0 aliphatic carbocycles. The summed E-state index contributed by atoms with van der Waals surface area (Å²) < 4.78 is 0. The Morgan fingerprint density at radius 1 is 1.25 bits per heavy atom. The normalized spacial score (nSPS) is 12.2. The second kappa shape index (κ2) is 8.78. The summed E-state index contributed by atoms with van der Waals surface area (Å²) in [5.41, 5.74) is 1.94. The third-order valence-electron chi connectivity index (χ3n) is 3.99. The van der Waals surface area contributed by atoms with Crippen LogP contribution in [-0.4, -0.2) is 24.4 Å². The van der Waals surface area contributed by atoms with Gasteiger partial charge in [0.2, 0.25) is 0 Å². The summed E-state index contributed by atoms with van der Waals surface area (Å²) in [4.78, 5) is 14.1.